The Morgan fingerprint density at radius 3 is 2.33 bits per heavy atom. The molecule has 0 saturated carbocycles. The lowest BCUT2D eigenvalue weighted by atomic mass is 10.4. The van der Waals surface area contributed by atoms with E-state index in [9.17, 15) is 0 Å². The molecule has 38 valence electrons. The summed E-state index contributed by atoms with van der Waals surface area (Å²) in [6.45, 7) is 3.81. The van der Waals surface area contributed by atoms with Crippen LogP contribution in [0, 0.1) is 6.92 Å². The predicted molar refractivity (Wildman–Crippen MR) is 29.8 cm³/mol. The van der Waals surface area contributed by atoms with Gasteiger partial charge in [-0.15, -0.1) is 20.8 Å². The Morgan fingerprint density at radius 2 is 2.33 bits per heavy atom. The van der Waals surface area contributed by atoms with Crippen LogP contribution < -0.4 is 0 Å². The molecule has 1 atom stereocenters. The van der Waals surface area contributed by atoms with Crippen LogP contribution in [-0.2, 0) is 0 Å². The Morgan fingerprint density at radius 1 is 1.83 bits per heavy atom. The summed E-state index contributed by atoms with van der Waals surface area (Å²) in [6.07, 6.45) is 0.736. The minimum Gasteiger partial charge on any atom is -0.396 e. The van der Waals surface area contributed by atoms with E-state index >= 15 is 0 Å². The number of hydrogen-bond acceptors (Lipinski definition) is 1. The van der Waals surface area contributed by atoms with Crippen LogP contribution in [0.25, 0.3) is 0 Å². The SMILES string of the molecule is [CH2-][C@H](Br)CCO. The first kappa shape index (κ1) is 6.44. The molecule has 0 aliphatic carbocycles. The van der Waals surface area contributed by atoms with Crippen molar-refractivity contribution in [2.75, 3.05) is 6.61 Å². The molecule has 0 amide bonds. The zero-order valence-corrected chi connectivity index (χ0v) is 5.11. The summed E-state index contributed by atoms with van der Waals surface area (Å²) in [5.74, 6) is 0. The molecule has 2 heteroatoms. The lowest BCUT2D eigenvalue weighted by Gasteiger charge is -2.01. The van der Waals surface area contributed by atoms with Crippen molar-refractivity contribution in [2.24, 2.45) is 0 Å². The van der Waals surface area contributed by atoms with Gasteiger partial charge in [-0.3, -0.25) is 0 Å². The van der Waals surface area contributed by atoms with Gasteiger partial charge in [0.25, 0.3) is 0 Å². The molecule has 1 nitrogen and oxygen atoms in total. The van der Waals surface area contributed by atoms with Gasteiger partial charge in [0.15, 0.2) is 0 Å². The third-order valence-corrected chi connectivity index (χ3v) is 0.900. The molecule has 0 bridgehead atoms. The first-order chi connectivity index (χ1) is 2.77. The minimum absolute atomic E-state index is 0.211. The summed E-state index contributed by atoms with van der Waals surface area (Å²) in [6, 6.07) is 0. The van der Waals surface area contributed by atoms with Crippen molar-refractivity contribution < 1.29 is 5.11 Å². The number of rotatable bonds is 2. The van der Waals surface area contributed by atoms with Gasteiger partial charge in [0, 0.05) is 6.61 Å². The highest BCUT2D eigenvalue weighted by Gasteiger charge is 1.80. The topological polar surface area (TPSA) is 20.2 Å². The second-order valence-electron chi connectivity index (χ2n) is 1.11. The van der Waals surface area contributed by atoms with E-state index in [1.54, 1.807) is 0 Å². The fourth-order valence-electron chi connectivity index (χ4n) is 0.140. The number of hydrogen-bond donors (Lipinski definition) is 1. The van der Waals surface area contributed by atoms with Gasteiger partial charge >= 0.3 is 0 Å². The molecule has 0 rings (SSSR count). The van der Waals surface area contributed by atoms with E-state index in [4.69, 9.17) is 5.11 Å². The molecule has 1 N–H and O–H groups in total. The highest BCUT2D eigenvalue weighted by molar-refractivity contribution is 9.09. The van der Waals surface area contributed by atoms with Crippen LogP contribution in [0.15, 0.2) is 0 Å². The first-order valence-corrected chi connectivity index (χ1v) is 2.77. The zero-order valence-electron chi connectivity index (χ0n) is 3.52. The molecule has 0 aliphatic rings. The molecule has 0 unspecified atom stereocenters. The van der Waals surface area contributed by atoms with Gasteiger partial charge in [-0.25, -0.2) is 0 Å². The van der Waals surface area contributed by atoms with Crippen LogP contribution in [-0.4, -0.2) is 16.5 Å². The van der Waals surface area contributed by atoms with Crippen molar-refractivity contribution in [3.05, 3.63) is 6.92 Å². The van der Waals surface area contributed by atoms with Crippen molar-refractivity contribution in [3.63, 3.8) is 0 Å². The summed E-state index contributed by atoms with van der Waals surface area (Å²) in [5.41, 5.74) is 0. The Labute approximate surface area is 46.5 Å². The number of aliphatic hydroxyl groups excluding tert-OH is 1. The highest BCUT2D eigenvalue weighted by Crippen LogP contribution is 1.99. The van der Waals surface area contributed by atoms with Crippen LogP contribution in [0.2, 0.25) is 0 Å². The molecule has 0 aliphatic heterocycles. The number of aliphatic hydroxyl groups is 1. The molecule has 0 aromatic heterocycles. The van der Waals surface area contributed by atoms with E-state index in [1.165, 1.54) is 0 Å². The maximum atomic E-state index is 8.17. The third kappa shape index (κ3) is 4.44. The smallest absolute Gasteiger partial charge is 0.0416 e. The maximum Gasteiger partial charge on any atom is 0.0416 e. The van der Waals surface area contributed by atoms with E-state index in [0.29, 0.717) is 0 Å². The van der Waals surface area contributed by atoms with Gasteiger partial charge in [-0.2, -0.15) is 0 Å². The summed E-state index contributed by atoms with van der Waals surface area (Å²) >= 11 is 3.16. The molecule has 6 heavy (non-hydrogen) atoms. The Bertz CT molecular complexity index is 28.7. The molecule has 0 aromatic carbocycles. The predicted octanol–water partition coefficient (Wildman–Crippen LogP) is 0.966. The summed E-state index contributed by atoms with van der Waals surface area (Å²) in [5, 5.41) is 8.17. The molecule has 0 fully saturated rings. The average molecular weight is 152 g/mol. The third-order valence-electron chi connectivity index (χ3n) is 0.442. The molecule has 0 radical (unpaired) electrons. The molecule has 0 spiro atoms. The number of halogens is 1. The van der Waals surface area contributed by atoms with Crippen LogP contribution >= 0.6 is 15.9 Å². The van der Waals surface area contributed by atoms with Crippen LogP contribution in [0.1, 0.15) is 6.42 Å². The van der Waals surface area contributed by atoms with Crippen LogP contribution in [0.5, 0.6) is 0 Å². The van der Waals surface area contributed by atoms with Gasteiger partial charge < -0.3 is 12.0 Å². The van der Waals surface area contributed by atoms with Crippen LogP contribution in [0.3, 0.4) is 0 Å². The van der Waals surface area contributed by atoms with E-state index < -0.39 is 0 Å². The molecule has 0 heterocycles. The fourth-order valence-corrected chi connectivity index (χ4v) is 0.345. The highest BCUT2D eigenvalue weighted by atomic mass is 79.9. The molecular formula is C4H8BrO-. The lowest BCUT2D eigenvalue weighted by molar-refractivity contribution is 0.291. The van der Waals surface area contributed by atoms with E-state index in [2.05, 4.69) is 22.9 Å². The van der Waals surface area contributed by atoms with Crippen LogP contribution in [0.4, 0.5) is 0 Å². The number of alkyl halides is 1. The Kier molecular flexibility index (Phi) is 3.89. The van der Waals surface area contributed by atoms with Gasteiger partial charge in [-0.05, 0) is 6.42 Å². The second kappa shape index (κ2) is 3.62. The fraction of sp³-hybridized carbons (Fsp3) is 0.750. The summed E-state index contributed by atoms with van der Waals surface area (Å²) in [7, 11) is 0. The van der Waals surface area contributed by atoms with Crippen molar-refractivity contribution in [3.8, 4) is 0 Å². The Balaban J connectivity index is 2.63. The van der Waals surface area contributed by atoms with Gasteiger partial charge in [0.05, 0.1) is 0 Å². The van der Waals surface area contributed by atoms with Gasteiger partial charge in [0.1, 0.15) is 0 Å². The van der Waals surface area contributed by atoms with Gasteiger partial charge in [0.2, 0.25) is 0 Å². The second-order valence-corrected chi connectivity index (χ2v) is 2.40. The van der Waals surface area contributed by atoms with E-state index in [0.717, 1.165) is 6.42 Å². The van der Waals surface area contributed by atoms with Crippen molar-refractivity contribution in [1.29, 1.82) is 0 Å². The largest absolute Gasteiger partial charge is 0.396 e. The summed E-state index contributed by atoms with van der Waals surface area (Å²) < 4.78 is 0. The van der Waals surface area contributed by atoms with Crippen molar-refractivity contribution >= 4 is 15.9 Å². The van der Waals surface area contributed by atoms with Gasteiger partial charge in [-0.1, -0.05) is 0 Å². The zero-order chi connectivity index (χ0) is 4.99. The quantitative estimate of drug-likeness (QED) is 0.461. The maximum absolute atomic E-state index is 8.17. The minimum atomic E-state index is 0.211. The van der Waals surface area contributed by atoms with Crippen molar-refractivity contribution in [1.82, 2.24) is 0 Å². The monoisotopic (exact) mass is 151 g/mol. The standard InChI is InChI=1S/C4H8BrO/c1-4(5)2-3-6/h4,6H,1-3H2/q-1/t4-/m0/s1. The normalized spacial score (nSPS) is 14.5. The Hall–Kier alpha value is 0.440. The lowest BCUT2D eigenvalue weighted by Crippen LogP contribution is -1.92. The van der Waals surface area contributed by atoms with E-state index in [-0.39, 0.29) is 11.4 Å². The van der Waals surface area contributed by atoms with E-state index in [1.807, 2.05) is 0 Å². The average Bonchev–Trinajstić information content (AvgIpc) is 1.35. The molecule has 0 aromatic rings. The molecular weight excluding hydrogens is 144 g/mol. The first-order valence-electron chi connectivity index (χ1n) is 1.85. The summed E-state index contributed by atoms with van der Waals surface area (Å²) in [4.78, 5) is 0.211. The van der Waals surface area contributed by atoms with Crippen molar-refractivity contribution in [2.45, 2.75) is 11.2 Å². The molecule has 0 saturated heterocycles.